The fraction of sp³-hybridized carbons (Fsp3) is 0.308. The molecule has 6 heteroatoms. The first-order valence-electron chi connectivity index (χ1n) is 6.06. The van der Waals surface area contributed by atoms with Gasteiger partial charge in [0.2, 0.25) is 0 Å². The summed E-state index contributed by atoms with van der Waals surface area (Å²) in [4.78, 5) is 19.9. The maximum Gasteiger partial charge on any atom is 0.308 e. The van der Waals surface area contributed by atoms with Crippen LogP contribution in [0.1, 0.15) is 12.1 Å². The third-order valence-corrected chi connectivity index (χ3v) is 4.02. The number of rotatable bonds is 2. The van der Waals surface area contributed by atoms with E-state index in [0.29, 0.717) is 24.1 Å². The van der Waals surface area contributed by atoms with Gasteiger partial charge in [-0.05, 0) is 40.9 Å². The number of fused-ring (bicyclic) bond motifs is 1. The number of hydrogen-bond acceptors (Lipinski definition) is 3. The highest BCUT2D eigenvalue weighted by molar-refractivity contribution is 9.10. The summed E-state index contributed by atoms with van der Waals surface area (Å²) in [6.45, 7) is 0.463. The number of carbonyl (C=O) groups is 1. The molecule has 2 aromatic rings. The van der Waals surface area contributed by atoms with Crippen LogP contribution in [0.5, 0.6) is 0 Å². The molecule has 0 bridgehead atoms. The zero-order valence-electron chi connectivity index (χ0n) is 10.1. The predicted molar refractivity (Wildman–Crippen MR) is 72.6 cm³/mol. The standard InChI is InChI=1S/C13H12BrN3O2/c14-13-16-11(9-3-1-2-6-15-9)10-5-4-8(12(18)19)7-17(10)13/h1-3,6,8H,4-5,7H2,(H,18,19). The molecule has 3 heterocycles. The van der Waals surface area contributed by atoms with Crippen molar-refractivity contribution in [3.8, 4) is 11.4 Å². The molecule has 1 unspecified atom stereocenters. The number of pyridine rings is 1. The minimum absolute atomic E-state index is 0.338. The van der Waals surface area contributed by atoms with Crippen LogP contribution in [0, 0.1) is 5.92 Å². The zero-order chi connectivity index (χ0) is 13.4. The van der Waals surface area contributed by atoms with E-state index in [1.807, 2.05) is 22.8 Å². The largest absolute Gasteiger partial charge is 0.481 e. The smallest absolute Gasteiger partial charge is 0.308 e. The summed E-state index contributed by atoms with van der Waals surface area (Å²) in [7, 11) is 0. The fourth-order valence-electron chi connectivity index (χ4n) is 2.43. The summed E-state index contributed by atoms with van der Waals surface area (Å²) in [5.74, 6) is -1.08. The molecular formula is C13H12BrN3O2. The SMILES string of the molecule is O=C(O)C1CCc2c(-c3ccccn3)nc(Br)n2C1. The number of hydrogen-bond donors (Lipinski definition) is 1. The first kappa shape index (κ1) is 12.3. The molecule has 0 aromatic carbocycles. The topological polar surface area (TPSA) is 68.0 Å². The molecule has 19 heavy (non-hydrogen) atoms. The lowest BCUT2D eigenvalue weighted by Crippen LogP contribution is -2.26. The minimum atomic E-state index is -0.745. The first-order valence-corrected chi connectivity index (χ1v) is 6.85. The highest BCUT2D eigenvalue weighted by Gasteiger charge is 2.29. The van der Waals surface area contributed by atoms with Crippen molar-refractivity contribution in [1.82, 2.24) is 14.5 Å². The normalized spacial score (nSPS) is 18.1. The minimum Gasteiger partial charge on any atom is -0.481 e. The fourth-order valence-corrected chi connectivity index (χ4v) is 2.96. The van der Waals surface area contributed by atoms with E-state index in [2.05, 4.69) is 25.9 Å². The van der Waals surface area contributed by atoms with Crippen molar-refractivity contribution in [3.63, 3.8) is 0 Å². The first-order chi connectivity index (χ1) is 9.16. The van der Waals surface area contributed by atoms with Crippen LogP contribution in [-0.4, -0.2) is 25.6 Å². The Morgan fingerprint density at radius 1 is 1.47 bits per heavy atom. The maximum absolute atomic E-state index is 11.1. The number of nitrogens with zero attached hydrogens (tertiary/aromatic N) is 3. The summed E-state index contributed by atoms with van der Waals surface area (Å²) in [6, 6.07) is 5.70. The lowest BCUT2D eigenvalue weighted by atomic mass is 9.97. The van der Waals surface area contributed by atoms with Gasteiger partial charge in [0.25, 0.3) is 0 Å². The van der Waals surface area contributed by atoms with Crippen LogP contribution in [0.15, 0.2) is 29.1 Å². The van der Waals surface area contributed by atoms with E-state index in [1.165, 1.54) is 0 Å². The highest BCUT2D eigenvalue weighted by Crippen LogP contribution is 2.31. The van der Waals surface area contributed by atoms with E-state index in [-0.39, 0.29) is 5.92 Å². The Hall–Kier alpha value is -1.69. The summed E-state index contributed by atoms with van der Waals surface area (Å²) >= 11 is 3.41. The molecule has 1 N–H and O–H groups in total. The van der Waals surface area contributed by atoms with Crippen LogP contribution in [0.4, 0.5) is 0 Å². The van der Waals surface area contributed by atoms with Gasteiger partial charge in [0.05, 0.1) is 11.6 Å². The second-order valence-electron chi connectivity index (χ2n) is 4.58. The predicted octanol–water partition coefficient (Wildman–Crippen LogP) is 2.35. The van der Waals surface area contributed by atoms with E-state index in [0.717, 1.165) is 17.1 Å². The summed E-state index contributed by atoms with van der Waals surface area (Å²) in [5, 5.41) is 9.12. The van der Waals surface area contributed by atoms with Gasteiger partial charge in [-0.25, -0.2) is 4.98 Å². The van der Waals surface area contributed by atoms with Crippen LogP contribution in [-0.2, 0) is 17.8 Å². The van der Waals surface area contributed by atoms with Crippen LogP contribution in [0.2, 0.25) is 0 Å². The third-order valence-electron chi connectivity index (χ3n) is 3.42. The number of carboxylic acids is 1. The van der Waals surface area contributed by atoms with Crippen molar-refractivity contribution in [3.05, 3.63) is 34.8 Å². The van der Waals surface area contributed by atoms with Crippen molar-refractivity contribution in [2.45, 2.75) is 19.4 Å². The average molecular weight is 322 g/mol. The lowest BCUT2D eigenvalue weighted by Gasteiger charge is -2.22. The maximum atomic E-state index is 11.1. The molecule has 1 atom stereocenters. The van der Waals surface area contributed by atoms with E-state index in [1.54, 1.807) is 6.20 Å². The van der Waals surface area contributed by atoms with Gasteiger partial charge < -0.3 is 9.67 Å². The van der Waals surface area contributed by atoms with Crippen LogP contribution >= 0.6 is 15.9 Å². The van der Waals surface area contributed by atoms with E-state index in [9.17, 15) is 4.79 Å². The summed E-state index contributed by atoms with van der Waals surface area (Å²) in [5.41, 5.74) is 2.73. The summed E-state index contributed by atoms with van der Waals surface area (Å²) in [6.07, 6.45) is 3.09. The van der Waals surface area contributed by atoms with Gasteiger partial charge in [-0.3, -0.25) is 9.78 Å². The van der Waals surface area contributed by atoms with Gasteiger partial charge in [0, 0.05) is 18.4 Å². The van der Waals surface area contributed by atoms with Crippen molar-refractivity contribution in [2.24, 2.45) is 5.92 Å². The highest BCUT2D eigenvalue weighted by atomic mass is 79.9. The Bertz CT molecular complexity index is 624. The van der Waals surface area contributed by atoms with E-state index in [4.69, 9.17) is 5.11 Å². The van der Waals surface area contributed by atoms with Gasteiger partial charge in [-0.1, -0.05) is 6.07 Å². The van der Waals surface area contributed by atoms with Gasteiger partial charge in [-0.2, -0.15) is 0 Å². The number of aromatic nitrogens is 3. The Labute approximate surface area is 118 Å². The molecule has 0 aliphatic carbocycles. The number of carboxylic acid groups (broad SMARTS) is 1. The summed E-state index contributed by atoms with van der Waals surface area (Å²) < 4.78 is 2.61. The Kier molecular flexibility index (Phi) is 3.10. The third kappa shape index (κ3) is 2.16. The van der Waals surface area contributed by atoms with Crippen molar-refractivity contribution < 1.29 is 9.90 Å². The molecule has 0 saturated carbocycles. The second kappa shape index (κ2) is 4.77. The van der Waals surface area contributed by atoms with Crippen LogP contribution in [0.25, 0.3) is 11.4 Å². The van der Waals surface area contributed by atoms with Crippen molar-refractivity contribution in [1.29, 1.82) is 0 Å². The molecule has 98 valence electrons. The molecule has 0 radical (unpaired) electrons. The van der Waals surface area contributed by atoms with Gasteiger partial charge >= 0.3 is 5.97 Å². The van der Waals surface area contributed by atoms with Gasteiger partial charge in [-0.15, -0.1) is 0 Å². The monoisotopic (exact) mass is 321 g/mol. The van der Waals surface area contributed by atoms with Crippen molar-refractivity contribution in [2.75, 3.05) is 0 Å². The molecule has 0 spiro atoms. The second-order valence-corrected chi connectivity index (χ2v) is 5.28. The molecule has 1 aliphatic heterocycles. The zero-order valence-corrected chi connectivity index (χ0v) is 11.7. The Balaban J connectivity index is 2.03. The molecule has 2 aromatic heterocycles. The molecule has 0 fully saturated rings. The molecule has 1 aliphatic rings. The van der Waals surface area contributed by atoms with E-state index >= 15 is 0 Å². The number of halogens is 1. The van der Waals surface area contributed by atoms with Crippen LogP contribution < -0.4 is 0 Å². The molecule has 3 rings (SSSR count). The number of aliphatic carboxylic acids is 1. The Morgan fingerprint density at radius 3 is 3.00 bits per heavy atom. The Morgan fingerprint density at radius 2 is 2.32 bits per heavy atom. The van der Waals surface area contributed by atoms with Crippen molar-refractivity contribution >= 4 is 21.9 Å². The van der Waals surface area contributed by atoms with Crippen LogP contribution in [0.3, 0.4) is 0 Å². The number of imidazole rings is 1. The average Bonchev–Trinajstić information content (AvgIpc) is 2.77. The quantitative estimate of drug-likeness (QED) is 0.922. The molecule has 0 amide bonds. The molecule has 0 saturated heterocycles. The van der Waals surface area contributed by atoms with Gasteiger partial charge in [0.1, 0.15) is 5.69 Å². The molecular weight excluding hydrogens is 310 g/mol. The van der Waals surface area contributed by atoms with Gasteiger partial charge in [0.15, 0.2) is 4.73 Å². The van der Waals surface area contributed by atoms with E-state index < -0.39 is 5.97 Å². The molecule has 5 nitrogen and oxygen atoms in total. The lowest BCUT2D eigenvalue weighted by molar-refractivity contribution is -0.142.